The Hall–Kier alpha value is -0.350. The van der Waals surface area contributed by atoms with Crippen LogP contribution in [0.25, 0.3) is 0 Å². The van der Waals surface area contributed by atoms with Crippen molar-refractivity contribution in [2.75, 3.05) is 6.54 Å². The van der Waals surface area contributed by atoms with E-state index in [-0.39, 0.29) is 0 Å². The number of fused-ring (bicyclic) bond motifs is 1. The zero-order valence-corrected chi connectivity index (χ0v) is 13.6. The van der Waals surface area contributed by atoms with Crippen LogP contribution in [0.4, 0.5) is 0 Å². The van der Waals surface area contributed by atoms with Gasteiger partial charge in [0.1, 0.15) is 0 Å². The lowest BCUT2D eigenvalue weighted by Crippen LogP contribution is -2.31. The summed E-state index contributed by atoms with van der Waals surface area (Å²) >= 11 is 11.4. The highest BCUT2D eigenvalue weighted by atomic mass is 79.9. The molecule has 1 heterocycles. The molecule has 0 aliphatic heterocycles. The van der Waals surface area contributed by atoms with Gasteiger partial charge in [-0.1, -0.05) is 17.7 Å². The van der Waals surface area contributed by atoms with Crippen LogP contribution >= 0.6 is 38.9 Å². The molecule has 0 saturated heterocycles. The summed E-state index contributed by atoms with van der Waals surface area (Å²) in [5.74, 6) is 0. The molecule has 19 heavy (non-hydrogen) atoms. The predicted octanol–water partition coefficient (Wildman–Crippen LogP) is 4.46. The molecule has 4 heteroatoms. The molecule has 0 saturated carbocycles. The van der Waals surface area contributed by atoms with E-state index >= 15 is 0 Å². The zero-order chi connectivity index (χ0) is 13.2. The SMILES string of the molecule is Clc1ccc2c(c1)CC(NCCc1ccc(Br)s1)C2. The Kier molecular flexibility index (Phi) is 4.27. The first kappa shape index (κ1) is 13.6. The van der Waals surface area contributed by atoms with Crippen LogP contribution in [-0.2, 0) is 19.3 Å². The fourth-order valence-electron chi connectivity index (χ4n) is 2.62. The molecule has 1 aliphatic rings. The summed E-state index contributed by atoms with van der Waals surface area (Å²) in [6.07, 6.45) is 3.33. The van der Waals surface area contributed by atoms with Crippen molar-refractivity contribution in [1.29, 1.82) is 0 Å². The number of benzene rings is 1. The number of nitrogens with one attached hydrogen (secondary N) is 1. The van der Waals surface area contributed by atoms with E-state index in [9.17, 15) is 0 Å². The van der Waals surface area contributed by atoms with Gasteiger partial charge in [0.25, 0.3) is 0 Å². The first-order valence-corrected chi connectivity index (χ1v) is 8.44. The second-order valence-corrected chi connectivity index (χ2v) is 7.91. The second-order valence-electron chi connectivity index (χ2n) is 4.93. The molecule has 1 nitrogen and oxygen atoms in total. The average molecular weight is 357 g/mol. The van der Waals surface area contributed by atoms with Gasteiger partial charge >= 0.3 is 0 Å². The Balaban J connectivity index is 1.51. The molecule has 1 aromatic carbocycles. The van der Waals surface area contributed by atoms with Crippen molar-refractivity contribution in [3.05, 3.63) is 55.1 Å². The Morgan fingerprint density at radius 1 is 1.21 bits per heavy atom. The smallest absolute Gasteiger partial charge is 0.0701 e. The van der Waals surface area contributed by atoms with Crippen molar-refractivity contribution >= 4 is 38.9 Å². The van der Waals surface area contributed by atoms with Gasteiger partial charge in [-0.3, -0.25) is 0 Å². The quantitative estimate of drug-likeness (QED) is 0.852. The first-order chi connectivity index (χ1) is 9.20. The van der Waals surface area contributed by atoms with Crippen molar-refractivity contribution in [1.82, 2.24) is 5.32 Å². The first-order valence-electron chi connectivity index (χ1n) is 6.45. The summed E-state index contributed by atoms with van der Waals surface area (Å²) < 4.78 is 1.21. The van der Waals surface area contributed by atoms with Crippen molar-refractivity contribution in [2.24, 2.45) is 0 Å². The summed E-state index contributed by atoms with van der Waals surface area (Å²) in [6.45, 7) is 1.04. The fourth-order valence-corrected chi connectivity index (χ4v) is 4.29. The Morgan fingerprint density at radius 3 is 2.84 bits per heavy atom. The lowest BCUT2D eigenvalue weighted by Gasteiger charge is -2.10. The van der Waals surface area contributed by atoms with Crippen LogP contribution in [0.1, 0.15) is 16.0 Å². The van der Waals surface area contributed by atoms with E-state index in [0.717, 1.165) is 30.8 Å². The summed E-state index contributed by atoms with van der Waals surface area (Å²) in [5, 5.41) is 4.50. The molecule has 2 aromatic rings. The summed E-state index contributed by atoms with van der Waals surface area (Å²) in [7, 11) is 0. The number of rotatable bonds is 4. The average Bonchev–Trinajstić information content (AvgIpc) is 2.95. The van der Waals surface area contributed by atoms with Crippen LogP contribution in [0.15, 0.2) is 34.1 Å². The van der Waals surface area contributed by atoms with Crippen LogP contribution in [0.2, 0.25) is 5.02 Å². The van der Waals surface area contributed by atoms with E-state index in [0.29, 0.717) is 6.04 Å². The second kappa shape index (κ2) is 5.96. The molecule has 1 atom stereocenters. The zero-order valence-electron chi connectivity index (χ0n) is 10.5. The molecule has 0 radical (unpaired) electrons. The van der Waals surface area contributed by atoms with Gasteiger partial charge in [-0.25, -0.2) is 0 Å². The van der Waals surface area contributed by atoms with Crippen molar-refractivity contribution < 1.29 is 0 Å². The minimum atomic E-state index is 0.567. The molecule has 0 spiro atoms. The molecule has 1 aliphatic carbocycles. The number of hydrogen-bond acceptors (Lipinski definition) is 2. The molecule has 3 rings (SSSR count). The van der Waals surface area contributed by atoms with Gasteiger partial charge in [-0.15, -0.1) is 11.3 Å². The van der Waals surface area contributed by atoms with E-state index in [1.807, 2.05) is 17.4 Å². The minimum Gasteiger partial charge on any atom is -0.313 e. The van der Waals surface area contributed by atoms with Crippen LogP contribution in [0.5, 0.6) is 0 Å². The van der Waals surface area contributed by atoms with Crippen LogP contribution in [0, 0.1) is 0 Å². The van der Waals surface area contributed by atoms with Gasteiger partial charge < -0.3 is 5.32 Å². The maximum atomic E-state index is 6.03. The van der Waals surface area contributed by atoms with E-state index in [4.69, 9.17) is 11.6 Å². The Labute approximate surface area is 131 Å². The highest BCUT2D eigenvalue weighted by molar-refractivity contribution is 9.11. The largest absolute Gasteiger partial charge is 0.313 e. The molecular formula is C15H15BrClNS. The van der Waals surface area contributed by atoms with Gasteiger partial charge in [-0.2, -0.15) is 0 Å². The Morgan fingerprint density at radius 2 is 2.05 bits per heavy atom. The molecule has 0 bridgehead atoms. The minimum absolute atomic E-state index is 0.567. The molecule has 1 unspecified atom stereocenters. The van der Waals surface area contributed by atoms with Crippen LogP contribution < -0.4 is 5.32 Å². The maximum Gasteiger partial charge on any atom is 0.0701 e. The molecule has 0 fully saturated rings. The van der Waals surface area contributed by atoms with Crippen LogP contribution in [0.3, 0.4) is 0 Å². The lowest BCUT2D eigenvalue weighted by molar-refractivity contribution is 0.537. The van der Waals surface area contributed by atoms with Gasteiger partial charge in [0.15, 0.2) is 0 Å². The number of hydrogen-bond donors (Lipinski definition) is 1. The Bertz CT molecular complexity index is 581. The van der Waals surface area contributed by atoms with Crippen molar-refractivity contribution in [3.63, 3.8) is 0 Å². The number of halogens is 2. The third kappa shape index (κ3) is 3.40. The topological polar surface area (TPSA) is 12.0 Å². The molecule has 100 valence electrons. The van der Waals surface area contributed by atoms with Crippen molar-refractivity contribution in [3.8, 4) is 0 Å². The van der Waals surface area contributed by atoms with E-state index < -0.39 is 0 Å². The molecule has 1 aromatic heterocycles. The maximum absolute atomic E-state index is 6.03. The van der Waals surface area contributed by atoms with Gasteiger partial charge in [0.2, 0.25) is 0 Å². The normalized spacial score (nSPS) is 17.7. The standard InChI is InChI=1S/C15H15BrClNS/c16-15-4-3-14(19-15)5-6-18-13-8-10-1-2-12(17)7-11(10)9-13/h1-4,7,13,18H,5-6,8-9H2. The van der Waals surface area contributed by atoms with Gasteiger partial charge in [-0.05, 0) is 70.6 Å². The van der Waals surface area contributed by atoms with E-state index in [2.05, 4.69) is 45.5 Å². The third-order valence-electron chi connectivity index (χ3n) is 3.53. The van der Waals surface area contributed by atoms with E-state index in [1.54, 1.807) is 0 Å². The van der Waals surface area contributed by atoms with Gasteiger partial charge in [0.05, 0.1) is 3.79 Å². The van der Waals surface area contributed by atoms with E-state index in [1.165, 1.54) is 19.8 Å². The summed E-state index contributed by atoms with van der Waals surface area (Å²) in [5.41, 5.74) is 2.85. The molecule has 1 N–H and O–H groups in total. The molecule has 0 amide bonds. The monoisotopic (exact) mass is 355 g/mol. The highest BCUT2D eigenvalue weighted by Crippen LogP contribution is 2.26. The van der Waals surface area contributed by atoms with Crippen molar-refractivity contribution in [2.45, 2.75) is 25.3 Å². The summed E-state index contributed by atoms with van der Waals surface area (Å²) in [6, 6.07) is 11.1. The summed E-state index contributed by atoms with van der Waals surface area (Å²) in [4.78, 5) is 1.43. The van der Waals surface area contributed by atoms with Gasteiger partial charge in [0, 0.05) is 22.5 Å². The third-order valence-corrected chi connectivity index (χ3v) is 5.45. The van der Waals surface area contributed by atoms with Crippen LogP contribution in [-0.4, -0.2) is 12.6 Å². The lowest BCUT2D eigenvalue weighted by atomic mass is 10.1. The highest BCUT2D eigenvalue weighted by Gasteiger charge is 2.20. The fraction of sp³-hybridized carbons (Fsp3) is 0.333. The molecular weight excluding hydrogens is 342 g/mol. The number of thiophene rings is 1. The predicted molar refractivity (Wildman–Crippen MR) is 86.4 cm³/mol.